The van der Waals surface area contributed by atoms with Gasteiger partial charge in [-0.05, 0) is 67.3 Å². The van der Waals surface area contributed by atoms with Crippen molar-refractivity contribution in [3.05, 3.63) is 76.0 Å². The number of fused-ring (bicyclic) bond motifs is 1. The molecule has 1 aliphatic carbocycles. The first-order chi connectivity index (χ1) is 14.2. The van der Waals surface area contributed by atoms with Crippen LogP contribution in [0.3, 0.4) is 0 Å². The van der Waals surface area contributed by atoms with Crippen molar-refractivity contribution in [1.82, 2.24) is 0 Å². The van der Waals surface area contributed by atoms with Gasteiger partial charge in [-0.2, -0.15) is 10.2 Å². The van der Waals surface area contributed by atoms with Crippen LogP contribution in [0.5, 0.6) is 0 Å². The summed E-state index contributed by atoms with van der Waals surface area (Å²) in [5.74, 6) is -0.836. The molecule has 0 unspecified atom stereocenters. The molecule has 2 aromatic carbocycles. The van der Waals surface area contributed by atoms with Gasteiger partial charge >= 0.3 is 5.97 Å². The molecular formula is C22H19N3O3S. The molecule has 29 heavy (non-hydrogen) atoms. The number of nitrogens with zero attached hydrogens (tertiary/aromatic N) is 2. The third-order valence-electron chi connectivity index (χ3n) is 4.47. The average Bonchev–Trinajstić information content (AvgIpc) is 3.35. The fourth-order valence-corrected chi connectivity index (χ4v) is 4.20. The first kappa shape index (κ1) is 19.0. The summed E-state index contributed by atoms with van der Waals surface area (Å²) in [5.41, 5.74) is 3.27. The van der Waals surface area contributed by atoms with Crippen molar-refractivity contribution in [3.8, 4) is 0 Å². The van der Waals surface area contributed by atoms with Crippen molar-refractivity contribution in [2.24, 2.45) is 10.2 Å². The molecule has 7 heteroatoms. The molecule has 0 bridgehead atoms. The smallest absolute Gasteiger partial charge is 0.348 e. The second-order valence-corrected chi connectivity index (χ2v) is 7.76. The quantitative estimate of drug-likeness (QED) is 0.437. The molecule has 1 aliphatic rings. The SMILES string of the molecule is O=C(COC(=O)c1cc2c(s1)CCC2)Nc1ccc(N=Nc2ccccc2)cc1. The van der Waals surface area contributed by atoms with Gasteiger partial charge in [-0.3, -0.25) is 4.79 Å². The molecule has 0 saturated carbocycles. The van der Waals surface area contributed by atoms with Crippen LogP contribution in [0.15, 0.2) is 70.9 Å². The second-order valence-electron chi connectivity index (χ2n) is 6.62. The van der Waals surface area contributed by atoms with Gasteiger partial charge in [0.15, 0.2) is 6.61 Å². The van der Waals surface area contributed by atoms with Gasteiger partial charge in [0.25, 0.3) is 5.91 Å². The second kappa shape index (κ2) is 8.79. The van der Waals surface area contributed by atoms with E-state index in [0.717, 1.165) is 24.9 Å². The molecule has 0 fully saturated rings. The Labute approximate surface area is 172 Å². The molecule has 3 aromatic rings. The lowest BCUT2D eigenvalue weighted by molar-refractivity contribution is -0.119. The zero-order valence-electron chi connectivity index (χ0n) is 15.6. The van der Waals surface area contributed by atoms with E-state index in [1.165, 1.54) is 21.8 Å². The first-order valence-electron chi connectivity index (χ1n) is 9.33. The number of azo groups is 1. The third kappa shape index (κ3) is 4.94. The van der Waals surface area contributed by atoms with Gasteiger partial charge in [0.05, 0.1) is 11.4 Å². The average molecular weight is 405 g/mol. The fourth-order valence-electron chi connectivity index (χ4n) is 3.05. The van der Waals surface area contributed by atoms with Crippen molar-refractivity contribution >= 4 is 40.3 Å². The van der Waals surface area contributed by atoms with Crippen molar-refractivity contribution < 1.29 is 14.3 Å². The highest BCUT2D eigenvalue weighted by molar-refractivity contribution is 7.14. The molecule has 0 saturated heterocycles. The number of anilines is 1. The maximum Gasteiger partial charge on any atom is 0.348 e. The Morgan fingerprint density at radius 2 is 1.69 bits per heavy atom. The lowest BCUT2D eigenvalue weighted by atomic mass is 10.2. The highest BCUT2D eigenvalue weighted by atomic mass is 32.1. The molecule has 0 spiro atoms. The van der Waals surface area contributed by atoms with Gasteiger partial charge < -0.3 is 10.1 Å². The summed E-state index contributed by atoms with van der Waals surface area (Å²) in [5, 5.41) is 11.0. The van der Waals surface area contributed by atoms with E-state index in [0.29, 0.717) is 16.3 Å². The van der Waals surface area contributed by atoms with Crippen molar-refractivity contribution in [2.45, 2.75) is 19.3 Å². The molecule has 1 heterocycles. The van der Waals surface area contributed by atoms with Crippen LogP contribution in [0.25, 0.3) is 0 Å². The van der Waals surface area contributed by atoms with Gasteiger partial charge in [-0.15, -0.1) is 11.3 Å². The number of nitrogens with one attached hydrogen (secondary N) is 1. The molecule has 6 nitrogen and oxygen atoms in total. The lowest BCUT2D eigenvalue weighted by Crippen LogP contribution is -2.20. The molecule has 146 valence electrons. The number of esters is 1. The summed E-state index contributed by atoms with van der Waals surface area (Å²) in [6.07, 6.45) is 3.18. The zero-order chi connectivity index (χ0) is 20.1. The molecule has 0 radical (unpaired) electrons. The Morgan fingerprint density at radius 3 is 2.41 bits per heavy atom. The maximum absolute atomic E-state index is 12.1. The summed E-state index contributed by atoms with van der Waals surface area (Å²) in [4.78, 5) is 26.0. The third-order valence-corrected chi connectivity index (χ3v) is 5.69. The van der Waals surface area contributed by atoms with E-state index >= 15 is 0 Å². The molecule has 1 amide bonds. The van der Waals surface area contributed by atoms with E-state index in [-0.39, 0.29) is 12.5 Å². The van der Waals surface area contributed by atoms with Crippen LogP contribution < -0.4 is 5.32 Å². The maximum atomic E-state index is 12.1. The minimum absolute atomic E-state index is 0.323. The molecule has 0 aliphatic heterocycles. The van der Waals surface area contributed by atoms with Crippen LogP contribution in [0, 0.1) is 0 Å². The highest BCUT2D eigenvalue weighted by Gasteiger charge is 2.19. The van der Waals surface area contributed by atoms with Gasteiger partial charge in [0.1, 0.15) is 4.88 Å². The number of benzene rings is 2. The summed E-state index contributed by atoms with van der Waals surface area (Å²) < 4.78 is 5.14. The summed E-state index contributed by atoms with van der Waals surface area (Å²) in [6.45, 7) is -0.323. The van der Waals surface area contributed by atoms with Crippen molar-refractivity contribution in [1.29, 1.82) is 0 Å². The number of hydrogen-bond acceptors (Lipinski definition) is 6. The summed E-state index contributed by atoms with van der Waals surface area (Å²) in [6, 6.07) is 18.3. The number of hydrogen-bond donors (Lipinski definition) is 1. The van der Waals surface area contributed by atoms with Crippen LogP contribution in [-0.4, -0.2) is 18.5 Å². The van der Waals surface area contributed by atoms with E-state index in [2.05, 4.69) is 15.5 Å². The lowest BCUT2D eigenvalue weighted by Gasteiger charge is -2.06. The van der Waals surface area contributed by atoms with Crippen LogP contribution >= 0.6 is 11.3 Å². The topological polar surface area (TPSA) is 80.1 Å². The largest absolute Gasteiger partial charge is 0.451 e. The van der Waals surface area contributed by atoms with Crippen molar-refractivity contribution in [2.75, 3.05) is 11.9 Å². The molecule has 4 rings (SSSR count). The molecule has 0 atom stereocenters. The fraction of sp³-hybridized carbons (Fsp3) is 0.182. The van der Waals surface area contributed by atoms with Gasteiger partial charge in [-0.25, -0.2) is 4.79 Å². The van der Waals surface area contributed by atoms with Gasteiger partial charge in [0, 0.05) is 10.6 Å². The first-order valence-corrected chi connectivity index (χ1v) is 10.1. The van der Waals surface area contributed by atoms with E-state index in [4.69, 9.17) is 4.74 Å². The number of amides is 1. The molecule has 1 N–H and O–H groups in total. The Bertz CT molecular complexity index is 1020. The summed E-state index contributed by atoms with van der Waals surface area (Å²) in [7, 11) is 0. The predicted octanol–water partition coefficient (Wildman–Crippen LogP) is 5.45. The van der Waals surface area contributed by atoms with Crippen LogP contribution in [0.2, 0.25) is 0 Å². The van der Waals surface area contributed by atoms with Gasteiger partial charge in [0.2, 0.25) is 0 Å². The standard InChI is InChI=1S/C22H19N3O3S/c26-21(14-28-22(27)20-13-15-5-4-8-19(15)29-20)23-16-9-11-18(12-10-16)25-24-17-6-2-1-3-7-17/h1-3,6-7,9-13H,4-5,8,14H2,(H,23,26). The monoisotopic (exact) mass is 405 g/mol. The summed E-state index contributed by atoms with van der Waals surface area (Å²) >= 11 is 1.46. The van der Waals surface area contributed by atoms with E-state index < -0.39 is 5.97 Å². The Kier molecular flexibility index (Phi) is 5.76. The number of ether oxygens (including phenoxy) is 1. The Morgan fingerprint density at radius 1 is 0.966 bits per heavy atom. The number of rotatable bonds is 6. The van der Waals surface area contributed by atoms with Crippen LogP contribution in [0.1, 0.15) is 26.5 Å². The Balaban J connectivity index is 1.27. The predicted molar refractivity (Wildman–Crippen MR) is 112 cm³/mol. The molecular weight excluding hydrogens is 386 g/mol. The van der Waals surface area contributed by atoms with E-state index in [1.54, 1.807) is 24.3 Å². The number of carbonyl (C=O) groups excluding carboxylic acids is 2. The van der Waals surface area contributed by atoms with E-state index in [9.17, 15) is 9.59 Å². The van der Waals surface area contributed by atoms with Gasteiger partial charge in [-0.1, -0.05) is 18.2 Å². The van der Waals surface area contributed by atoms with Crippen LogP contribution in [0.4, 0.5) is 17.1 Å². The normalized spacial score (nSPS) is 12.7. The zero-order valence-corrected chi connectivity index (χ0v) is 16.4. The van der Waals surface area contributed by atoms with E-state index in [1.807, 2.05) is 36.4 Å². The highest BCUT2D eigenvalue weighted by Crippen LogP contribution is 2.30. The number of thiophene rings is 1. The number of aryl methyl sites for hydroxylation is 2. The minimum atomic E-state index is -0.448. The minimum Gasteiger partial charge on any atom is -0.451 e. The Hall–Kier alpha value is -3.32. The van der Waals surface area contributed by atoms with Crippen LogP contribution in [-0.2, 0) is 22.4 Å². The number of carbonyl (C=O) groups is 2. The molecule has 1 aromatic heterocycles. The van der Waals surface area contributed by atoms with Crippen molar-refractivity contribution in [3.63, 3.8) is 0 Å².